The van der Waals surface area contributed by atoms with Crippen LogP contribution in [0.1, 0.15) is 12.5 Å². The lowest BCUT2D eigenvalue weighted by molar-refractivity contribution is 0.435. The Balaban J connectivity index is 2.22. The summed E-state index contributed by atoms with van der Waals surface area (Å²) in [7, 11) is 0. The minimum Gasteiger partial charge on any atom is -0.305 e. The van der Waals surface area contributed by atoms with E-state index >= 15 is 0 Å². The summed E-state index contributed by atoms with van der Waals surface area (Å²) in [6, 6.07) is 10.1. The van der Waals surface area contributed by atoms with Crippen molar-refractivity contribution in [3.05, 3.63) is 42.1 Å². The van der Waals surface area contributed by atoms with Crippen molar-refractivity contribution >= 4 is 34.1 Å². The Morgan fingerprint density at radius 1 is 1.17 bits per heavy atom. The molecule has 4 heteroatoms. The minimum absolute atomic E-state index is 0.243. The summed E-state index contributed by atoms with van der Waals surface area (Å²) in [6.07, 6.45) is 1.83. The van der Waals surface area contributed by atoms with Crippen LogP contribution in [0.2, 0.25) is 0 Å². The monoisotopic (exact) mass is 282 g/mol. The molecule has 0 saturated carbocycles. The van der Waals surface area contributed by atoms with E-state index in [1.54, 1.807) is 0 Å². The normalized spacial score (nSPS) is 11.9. The molecule has 1 N–H and O–H groups in total. The molecule has 1 aromatic carbocycles. The maximum absolute atomic E-state index is 5.93. The molecule has 2 rings (SSSR count). The highest BCUT2D eigenvalue weighted by atomic mass is 35.5. The van der Waals surface area contributed by atoms with Crippen LogP contribution in [0.3, 0.4) is 0 Å². The van der Waals surface area contributed by atoms with Gasteiger partial charge in [0.2, 0.25) is 0 Å². The average Bonchev–Trinajstić information content (AvgIpc) is 2.44. The second kappa shape index (κ2) is 5.87. The number of pyridine rings is 1. The summed E-state index contributed by atoms with van der Waals surface area (Å²) in [6.45, 7) is 2.76. The minimum atomic E-state index is -0.243. The van der Waals surface area contributed by atoms with Crippen LogP contribution in [0.25, 0.3) is 10.9 Å². The molecule has 18 heavy (non-hydrogen) atoms. The number of nitrogens with zero attached hydrogens (tertiary/aromatic N) is 1. The smallest absolute Gasteiger partial charge is 0.0705 e. The molecule has 1 heterocycles. The van der Waals surface area contributed by atoms with Crippen molar-refractivity contribution in [1.29, 1.82) is 0 Å². The highest BCUT2D eigenvalue weighted by Crippen LogP contribution is 2.17. The van der Waals surface area contributed by atoms with Gasteiger partial charge >= 0.3 is 0 Å². The Morgan fingerprint density at radius 2 is 1.89 bits per heavy atom. The predicted octanol–water partition coefficient (Wildman–Crippen LogP) is 3.56. The summed E-state index contributed by atoms with van der Waals surface area (Å²) in [5.74, 6) is 0.971. The van der Waals surface area contributed by atoms with Gasteiger partial charge in [0.1, 0.15) is 0 Å². The number of hydrogen-bond donors (Lipinski definition) is 1. The number of aromatic nitrogens is 1. The molecule has 0 spiro atoms. The number of rotatable bonds is 5. The molecule has 2 aromatic rings. The highest BCUT2D eigenvalue weighted by molar-refractivity contribution is 6.22. The second-order valence-electron chi connectivity index (χ2n) is 4.67. The Bertz CT molecular complexity index is 519. The SMILES string of the molecule is CC(CCl)(CCl)NCc1ccnc2ccccc12. The molecule has 0 amide bonds. The number of para-hydroxylation sites is 1. The number of halogens is 2. The zero-order valence-corrected chi connectivity index (χ0v) is 11.8. The number of nitrogens with one attached hydrogen (secondary N) is 1. The third-order valence-corrected chi connectivity index (χ3v) is 4.21. The number of fused-ring (bicyclic) bond motifs is 1. The van der Waals surface area contributed by atoms with E-state index in [0.717, 1.165) is 12.1 Å². The number of alkyl halides is 2. The first-order chi connectivity index (χ1) is 8.68. The number of hydrogen-bond acceptors (Lipinski definition) is 2. The molecular formula is C14H16Cl2N2. The topological polar surface area (TPSA) is 24.9 Å². The molecule has 0 aliphatic rings. The zero-order valence-electron chi connectivity index (χ0n) is 10.3. The van der Waals surface area contributed by atoms with Crippen LogP contribution in [-0.4, -0.2) is 22.3 Å². The van der Waals surface area contributed by atoms with Crippen molar-refractivity contribution in [2.75, 3.05) is 11.8 Å². The molecule has 0 bridgehead atoms. The fourth-order valence-electron chi connectivity index (χ4n) is 1.75. The van der Waals surface area contributed by atoms with Gasteiger partial charge in [-0.05, 0) is 24.6 Å². The van der Waals surface area contributed by atoms with E-state index in [1.165, 1.54) is 10.9 Å². The molecule has 1 aromatic heterocycles. The van der Waals surface area contributed by atoms with E-state index < -0.39 is 0 Å². The van der Waals surface area contributed by atoms with Crippen LogP contribution in [0.4, 0.5) is 0 Å². The van der Waals surface area contributed by atoms with Crippen LogP contribution in [0.15, 0.2) is 36.5 Å². The lowest BCUT2D eigenvalue weighted by atomic mass is 10.1. The molecule has 0 fully saturated rings. The Hall–Kier alpha value is -0.830. The first-order valence-corrected chi connectivity index (χ1v) is 6.95. The lowest BCUT2D eigenvalue weighted by Gasteiger charge is -2.26. The predicted molar refractivity (Wildman–Crippen MR) is 78.4 cm³/mol. The van der Waals surface area contributed by atoms with E-state index in [4.69, 9.17) is 23.2 Å². The van der Waals surface area contributed by atoms with Crippen molar-refractivity contribution < 1.29 is 0 Å². The van der Waals surface area contributed by atoms with Gasteiger partial charge in [0.15, 0.2) is 0 Å². The van der Waals surface area contributed by atoms with Crippen molar-refractivity contribution in [3.63, 3.8) is 0 Å². The fourth-order valence-corrected chi connectivity index (χ4v) is 2.22. The van der Waals surface area contributed by atoms with Crippen molar-refractivity contribution in [2.45, 2.75) is 19.0 Å². The van der Waals surface area contributed by atoms with Gasteiger partial charge < -0.3 is 5.32 Å². The maximum Gasteiger partial charge on any atom is 0.0705 e. The van der Waals surface area contributed by atoms with Crippen LogP contribution in [0.5, 0.6) is 0 Å². The molecule has 96 valence electrons. The van der Waals surface area contributed by atoms with E-state index in [-0.39, 0.29) is 5.54 Å². The first kappa shape index (κ1) is 13.6. The quantitative estimate of drug-likeness (QED) is 0.849. The molecule has 0 aliphatic heterocycles. The van der Waals surface area contributed by atoms with E-state index in [1.807, 2.05) is 37.4 Å². The van der Waals surface area contributed by atoms with Gasteiger partial charge in [0, 0.05) is 35.4 Å². The van der Waals surface area contributed by atoms with Crippen LogP contribution in [0, 0.1) is 0 Å². The van der Waals surface area contributed by atoms with Crippen molar-refractivity contribution in [1.82, 2.24) is 10.3 Å². The Morgan fingerprint density at radius 3 is 2.61 bits per heavy atom. The molecule has 0 atom stereocenters. The van der Waals surface area contributed by atoms with Gasteiger partial charge in [-0.2, -0.15) is 0 Å². The lowest BCUT2D eigenvalue weighted by Crippen LogP contribution is -2.45. The van der Waals surface area contributed by atoms with E-state index in [2.05, 4.69) is 16.4 Å². The van der Waals surface area contributed by atoms with Gasteiger partial charge in [-0.1, -0.05) is 18.2 Å². The number of benzene rings is 1. The standard InChI is InChI=1S/C14H16Cl2N2/c1-14(9-15,10-16)18-8-11-6-7-17-13-5-3-2-4-12(11)13/h2-7,18H,8-10H2,1H3. The van der Waals surface area contributed by atoms with Crippen molar-refractivity contribution in [2.24, 2.45) is 0 Å². The van der Waals surface area contributed by atoms with Crippen molar-refractivity contribution in [3.8, 4) is 0 Å². The first-order valence-electron chi connectivity index (χ1n) is 5.88. The fraction of sp³-hybridized carbons (Fsp3) is 0.357. The largest absolute Gasteiger partial charge is 0.305 e. The van der Waals surface area contributed by atoms with Gasteiger partial charge in [0.25, 0.3) is 0 Å². The molecule has 0 unspecified atom stereocenters. The third-order valence-electron chi connectivity index (χ3n) is 3.03. The molecule has 0 radical (unpaired) electrons. The molecule has 2 nitrogen and oxygen atoms in total. The Labute approximate surface area is 117 Å². The maximum atomic E-state index is 5.93. The van der Waals surface area contributed by atoms with E-state index in [0.29, 0.717) is 11.8 Å². The highest BCUT2D eigenvalue weighted by Gasteiger charge is 2.21. The summed E-state index contributed by atoms with van der Waals surface area (Å²) in [5.41, 5.74) is 1.98. The summed E-state index contributed by atoms with van der Waals surface area (Å²) in [5, 5.41) is 4.58. The summed E-state index contributed by atoms with van der Waals surface area (Å²) in [4.78, 5) is 4.35. The van der Waals surface area contributed by atoms with Gasteiger partial charge in [0.05, 0.1) is 5.52 Å². The molecule has 0 saturated heterocycles. The molecule has 0 aliphatic carbocycles. The summed E-state index contributed by atoms with van der Waals surface area (Å²) < 4.78 is 0. The average molecular weight is 283 g/mol. The van der Waals surface area contributed by atoms with Gasteiger partial charge in [-0.25, -0.2) is 0 Å². The summed E-state index contributed by atoms with van der Waals surface area (Å²) >= 11 is 11.9. The van der Waals surface area contributed by atoms with E-state index in [9.17, 15) is 0 Å². The van der Waals surface area contributed by atoms with Gasteiger partial charge in [-0.3, -0.25) is 4.98 Å². The Kier molecular flexibility index (Phi) is 4.44. The third kappa shape index (κ3) is 2.94. The second-order valence-corrected chi connectivity index (χ2v) is 5.20. The zero-order chi connectivity index (χ0) is 13.0. The van der Waals surface area contributed by atoms with Crippen LogP contribution >= 0.6 is 23.2 Å². The van der Waals surface area contributed by atoms with Crippen LogP contribution in [-0.2, 0) is 6.54 Å². The van der Waals surface area contributed by atoms with Gasteiger partial charge in [-0.15, -0.1) is 23.2 Å². The molecular weight excluding hydrogens is 267 g/mol. The van der Waals surface area contributed by atoms with Crippen LogP contribution < -0.4 is 5.32 Å².